The van der Waals surface area contributed by atoms with Gasteiger partial charge in [0.2, 0.25) is 0 Å². The molecule has 7 heteroatoms. The molecule has 0 saturated carbocycles. The average molecular weight is 428 g/mol. The van der Waals surface area contributed by atoms with Crippen molar-refractivity contribution in [3.8, 4) is 0 Å². The van der Waals surface area contributed by atoms with Gasteiger partial charge in [0, 0.05) is 6.10 Å². The number of nitrogens with zero attached hydrogens (tertiary/aromatic N) is 1. The van der Waals surface area contributed by atoms with E-state index in [0.29, 0.717) is 0 Å². The molecule has 0 radical (unpaired) electrons. The second kappa shape index (κ2) is 22.1. The molecule has 142 valence electrons. The van der Waals surface area contributed by atoms with Crippen LogP contribution in [0.25, 0.3) is 0 Å². The first-order chi connectivity index (χ1) is 10.7. The zero-order chi connectivity index (χ0) is 18.4. The fourth-order valence-corrected chi connectivity index (χ4v) is 3.24. The van der Waals surface area contributed by atoms with Crippen molar-refractivity contribution in [1.82, 2.24) is 0 Å². The zero-order valence-electron chi connectivity index (χ0n) is 17.9. The van der Waals surface area contributed by atoms with Gasteiger partial charge in [0.05, 0.1) is 0 Å². The molecule has 0 aliphatic rings. The molecule has 1 rings (SSSR count). The Morgan fingerprint density at radius 2 is 1.81 bits per heavy atom. The van der Waals surface area contributed by atoms with Crippen molar-refractivity contribution in [1.29, 1.82) is 5.26 Å². The average Bonchev–Trinajstić information content (AvgIpc) is 3.06. The molecule has 0 unspecified atom stereocenters. The van der Waals surface area contributed by atoms with Crippen LogP contribution in [0.15, 0.2) is 23.6 Å². The molecule has 0 aliphatic carbocycles. The first kappa shape index (κ1) is 37.6. The quantitative estimate of drug-likeness (QED) is 0.362. The number of unbranched alkanes of at least 4 members (excludes halogenated alkanes) is 2. The molecule has 0 aromatic carbocycles. The fourth-order valence-electron chi connectivity index (χ4n) is 1.54. The van der Waals surface area contributed by atoms with Crippen molar-refractivity contribution < 1.29 is 59.2 Å². The molecule has 0 spiro atoms. The van der Waals surface area contributed by atoms with Crippen LogP contribution in [-0.2, 0) is 21.5 Å². The van der Waals surface area contributed by atoms with Crippen molar-refractivity contribution in [2.24, 2.45) is 0 Å². The molecule has 1 aromatic heterocycles. The summed E-state index contributed by atoms with van der Waals surface area (Å²) in [4.78, 5) is 0. The van der Waals surface area contributed by atoms with Crippen molar-refractivity contribution in [3.05, 3.63) is 42.1 Å². The molecule has 2 nitrogen and oxygen atoms in total. The summed E-state index contributed by atoms with van der Waals surface area (Å²) in [5, 5.41) is 11.4. The van der Waals surface area contributed by atoms with E-state index in [1.165, 1.54) is 19.3 Å². The SMILES string of the molecule is [C-]#N.[CH-]=C[C@H](CCCCC)O[Si](C)(C)C(C)(C)C.[Cu+].[Li+].[Li+].[c-]1cccs1. The normalized spacial score (nSPS) is 10.8. The summed E-state index contributed by atoms with van der Waals surface area (Å²) >= 11 is 1.59. The van der Waals surface area contributed by atoms with Crippen LogP contribution in [0, 0.1) is 23.8 Å². The fraction of sp³-hybridized carbons (Fsp3) is 0.632. The summed E-state index contributed by atoms with van der Waals surface area (Å²) in [6, 6.07) is 3.86. The third kappa shape index (κ3) is 19.6. The minimum atomic E-state index is -1.66. The maximum atomic E-state index is 6.26. The Balaban J connectivity index is -0.000000125. The van der Waals surface area contributed by atoms with Crippen LogP contribution in [0.1, 0.15) is 53.4 Å². The third-order valence-electron chi connectivity index (χ3n) is 3.94. The number of hydrogen-bond donors (Lipinski definition) is 0. The van der Waals surface area contributed by atoms with Crippen molar-refractivity contribution in [2.45, 2.75) is 77.6 Å². The van der Waals surface area contributed by atoms with Crippen LogP contribution in [0.2, 0.25) is 18.1 Å². The van der Waals surface area contributed by atoms with Gasteiger partial charge in [0.25, 0.3) is 0 Å². The molecule has 26 heavy (non-hydrogen) atoms. The maximum absolute atomic E-state index is 6.26. The Morgan fingerprint density at radius 3 is 2.08 bits per heavy atom. The monoisotopic (exact) mass is 427 g/mol. The van der Waals surface area contributed by atoms with Crippen LogP contribution in [0.3, 0.4) is 0 Å². The van der Waals surface area contributed by atoms with E-state index < -0.39 is 8.32 Å². The Kier molecular flexibility index (Phi) is 31.9. The molecule has 1 atom stereocenters. The van der Waals surface area contributed by atoms with E-state index in [-0.39, 0.29) is 65.9 Å². The predicted molar refractivity (Wildman–Crippen MR) is 103 cm³/mol. The standard InChI is InChI=1S/C14H29OSi.C4H3S.CN.Cu.2Li/c1-8-10-11-12-13(9-2)15-16(6,7)14(3,4)5;1-2-4-5-3-1;1-2;;;/h2,9,13H,8,10-12H2,1,3-7H3;1-3H;;;;/q3*-1;3*+1/t13-;;;;;/m1...../s1. The minimum absolute atomic E-state index is 0. The van der Waals surface area contributed by atoms with E-state index in [1.54, 1.807) is 17.4 Å². The van der Waals surface area contributed by atoms with Crippen LogP contribution in [-0.4, -0.2) is 14.4 Å². The van der Waals surface area contributed by atoms with Crippen molar-refractivity contribution in [2.75, 3.05) is 0 Å². The van der Waals surface area contributed by atoms with Crippen LogP contribution < -0.4 is 37.7 Å². The summed E-state index contributed by atoms with van der Waals surface area (Å²) in [5.41, 5.74) is 0. The Labute approximate surface area is 202 Å². The second-order valence-electron chi connectivity index (χ2n) is 6.84. The summed E-state index contributed by atoms with van der Waals surface area (Å²) in [6.45, 7) is 24.0. The van der Waals surface area contributed by atoms with E-state index >= 15 is 0 Å². The van der Waals surface area contributed by atoms with Gasteiger partial charge in [-0.3, -0.25) is 0 Å². The largest absolute Gasteiger partial charge is 1.00 e. The predicted octanol–water partition coefficient (Wildman–Crippen LogP) is 0.596. The summed E-state index contributed by atoms with van der Waals surface area (Å²) < 4.78 is 6.26. The third-order valence-corrected chi connectivity index (χ3v) is 9.01. The Morgan fingerprint density at radius 1 is 1.27 bits per heavy atom. The number of hydrogen-bond acceptors (Lipinski definition) is 3. The first-order valence-electron chi connectivity index (χ1n) is 8.09. The van der Waals surface area contributed by atoms with E-state index in [2.05, 4.69) is 46.2 Å². The second-order valence-corrected chi connectivity index (χ2v) is 12.3. The molecule has 0 saturated heterocycles. The van der Waals surface area contributed by atoms with Gasteiger partial charge in [-0.25, -0.2) is 12.1 Å². The summed E-state index contributed by atoms with van der Waals surface area (Å²) in [7, 11) is -1.66. The summed E-state index contributed by atoms with van der Waals surface area (Å²) in [6.07, 6.45) is 6.67. The first-order valence-corrected chi connectivity index (χ1v) is 11.9. The molecule has 0 amide bonds. The van der Waals surface area contributed by atoms with Gasteiger partial charge in [0.15, 0.2) is 8.32 Å². The van der Waals surface area contributed by atoms with E-state index in [0.717, 1.165) is 6.42 Å². The van der Waals surface area contributed by atoms with Gasteiger partial charge in [0.1, 0.15) is 0 Å². The van der Waals surface area contributed by atoms with E-state index in [4.69, 9.17) is 22.8 Å². The van der Waals surface area contributed by atoms with Gasteiger partial charge < -0.3 is 34.2 Å². The molecule has 1 heterocycles. The number of rotatable bonds is 7. The molecule has 0 aliphatic heterocycles. The smallest absolute Gasteiger partial charge is 0.515 e. The topological polar surface area (TPSA) is 33.0 Å². The van der Waals surface area contributed by atoms with Gasteiger partial charge in [-0.15, -0.1) is 5.38 Å². The van der Waals surface area contributed by atoms with Crippen LogP contribution in [0.4, 0.5) is 0 Å². The molecule has 0 N–H and O–H groups in total. The van der Waals surface area contributed by atoms with Crippen molar-refractivity contribution in [3.63, 3.8) is 0 Å². The zero-order valence-corrected chi connectivity index (χ0v) is 20.6. The molecule has 0 fully saturated rings. The Hall–Kier alpha value is 0.821. The van der Waals surface area contributed by atoms with Crippen LogP contribution >= 0.6 is 11.3 Å². The molecule has 0 bridgehead atoms. The summed E-state index contributed by atoms with van der Waals surface area (Å²) in [5.74, 6) is 0. The maximum Gasteiger partial charge on any atom is 1.00 e. The Bertz CT molecular complexity index is 392. The van der Waals surface area contributed by atoms with Gasteiger partial charge in [-0.2, -0.15) is 11.4 Å². The van der Waals surface area contributed by atoms with Crippen molar-refractivity contribution >= 4 is 19.7 Å². The molecular formula is C19H32CuLi2NOSSi. The van der Waals surface area contributed by atoms with E-state index in [9.17, 15) is 0 Å². The van der Waals surface area contributed by atoms with Gasteiger partial charge in [-0.05, 0) is 24.6 Å². The van der Waals surface area contributed by atoms with Crippen LogP contribution in [0.5, 0.6) is 0 Å². The molecule has 1 aromatic rings. The minimum Gasteiger partial charge on any atom is -0.515 e. The molecular weight excluding hydrogens is 396 g/mol. The van der Waals surface area contributed by atoms with Gasteiger partial charge in [-0.1, -0.05) is 47.0 Å². The van der Waals surface area contributed by atoms with E-state index in [1.807, 2.05) is 17.5 Å². The van der Waals surface area contributed by atoms with Gasteiger partial charge >= 0.3 is 54.8 Å². The number of thiophene rings is 1.